The maximum absolute atomic E-state index is 10.7. The smallest absolute Gasteiger partial charge is 0.0170 e. The highest BCUT2D eigenvalue weighted by molar-refractivity contribution is 8.67. The van der Waals surface area contributed by atoms with E-state index < -0.39 is 10.1 Å². The van der Waals surface area contributed by atoms with Gasteiger partial charge in [-0.15, -0.1) is 6.58 Å². The quantitative estimate of drug-likeness (QED) is 0.360. The number of rotatable bonds is 9. The standard InChI is InChI=1S/C12H22O2S2/c1-4-6-7-9-12(15-16(13)14)10-11(3)8-5-2/h4-6,11-12H,2,7-10H2,1,3H3,(H,13,14)/p-1/b6-4-/t11-,12+/m0/s1. The first-order valence-electron chi connectivity index (χ1n) is 5.58. The molecule has 0 N–H and O–H groups in total. The van der Waals surface area contributed by atoms with Gasteiger partial charge in [0.05, 0.1) is 0 Å². The zero-order chi connectivity index (χ0) is 12.4. The number of allylic oxidation sites excluding steroid dienone is 3. The zero-order valence-electron chi connectivity index (χ0n) is 10.1. The van der Waals surface area contributed by atoms with Crippen LogP contribution < -0.4 is 0 Å². The van der Waals surface area contributed by atoms with Crippen molar-refractivity contribution in [3.8, 4) is 0 Å². The molecule has 0 saturated carbocycles. The van der Waals surface area contributed by atoms with Crippen LogP contribution in [0.15, 0.2) is 24.8 Å². The van der Waals surface area contributed by atoms with E-state index in [0.717, 1.165) is 36.5 Å². The molecule has 0 aliphatic heterocycles. The second kappa shape index (κ2) is 10.1. The summed E-state index contributed by atoms with van der Waals surface area (Å²) in [5, 5.41) is 0.199. The highest BCUT2D eigenvalue weighted by Gasteiger charge is 2.13. The maximum atomic E-state index is 10.7. The second-order valence-corrected chi connectivity index (χ2v) is 6.60. The Bertz CT molecular complexity index is 239. The van der Waals surface area contributed by atoms with Gasteiger partial charge < -0.3 is 4.55 Å². The summed E-state index contributed by atoms with van der Waals surface area (Å²) in [5.41, 5.74) is 0. The molecule has 3 atom stereocenters. The average molecular weight is 261 g/mol. The first-order chi connectivity index (χ1) is 7.60. The van der Waals surface area contributed by atoms with E-state index in [1.54, 1.807) is 0 Å². The first-order valence-corrected chi connectivity index (χ1v) is 8.05. The van der Waals surface area contributed by atoms with Gasteiger partial charge in [-0.2, -0.15) is 0 Å². The van der Waals surface area contributed by atoms with Crippen LogP contribution in [-0.2, 0) is 10.1 Å². The van der Waals surface area contributed by atoms with Gasteiger partial charge in [0.15, 0.2) is 0 Å². The van der Waals surface area contributed by atoms with Crippen LogP contribution in [0.5, 0.6) is 0 Å². The lowest BCUT2D eigenvalue weighted by atomic mass is 9.99. The van der Waals surface area contributed by atoms with Crippen molar-refractivity contribution in [2.24, 2.45) is 5.92 Å². The average Bonchev–Trinajstić information content (AvgIpc) is 2.17. The Labute approximate surface area is 105 Å². The van der Waals surface area contributed by atoms with Crippen molar-refractivity contribution in [1.29, 1.82) is 0 Å². The van der Waals surface area contributed by atoms with Crippen molar-refractivity contribution >= 4 is 20.9 Å². The molecule has 0 saturated heterocycles. The van der Waals surface area contributed by atoms with Crippen LogP contribution in [0.1, 0.15) is 39.5 Å². The summed E-state index contributed by atoms with van der Waals surface area (Å²) < 4.78 is 21.4. The van der Waals surface area contributed by atoms with Crippen LogP contribution in [-0.4, -0.2) is 14.0 Å². The third-order valence-corrected chi connectivity index (χ3v) is 4.49. The molecule has 0 amide bonds. The summed E-state index contributed by atoms with van der Waals surface area (Å²) >= 11 is 0. The fourth-order valence-corrected chi connectivity index (χ4v) is 3.65. The van der Waals surface area contributed by atoms with E-state index >= 15 is 0 Å². The molecule has 4 heteroatoms. The van der Waals surface area contributed by atoms with Crippen LogP contribution in [0.3, 0.4) is 0 Å². The monoisotopic (exact) mass is 261 g/mol. The van der Waals surface area contributed by atoms with Crippen LogP contribution in [0.2, 0.25) is 0 Å². The molecule has 0 aliphatic carbocycles. The lowest BCUT2D eigenvalue weighted by molar-refractivity contribution is 0.514. The molecule has 2 nitrogen and oxygen atoms in total. The minimum Gasteiger partial charge on any atom is -0.764 e. The third kappa shape index (κ3) is 9.19. The highest BCUT2D eigenvalue weighted by Crippen LogP contribution is 2.27. The van der Waals surface area contributed by atoms with Crippen LogP contribution in [0.25, 0.3) is 0 Å². The van der Waals surface area contributed by atoms with Gasteiger partial charge in [0.25, 0.3) is 0 Å². The Morgan fingerprint density at radius 3 is 2.75 bits per heavy atom. The van der Waals surface area contributed by atoms with Gasteiger partial charge in [-0.25, -0.2) is 0 Å². The molecule has 0 radical (unpaired) electrons. The maximum Gasteiger partial charge on any atom is 0.0170 e. The van der Waals surface area contributed by atoms with Crippen molar-refractivity contribution in [3.63, 3.8) is 0 Å². The van der Waals surface area contributed by atoms with E-state index in [1.165, 1.54) is 0 Å². The summed E-state index contributed by atoms with van der Waals surface area (Å²) in [6.07, 6.45) is 9.74. The SMILES string of the molecule is C=CC[C@H](C)C[C@@H](CC/C=C\C)SS(=O)[O-]. The number of hydrogen-bond acceptors (Lipinski definition) is 3. The molecular weight excluding hydrogens is 240 g/mol. The normalized spacial score (nSPS) is 17.2. The summed E-state index contributed by atoms with van der Waals surface area (Å²) in [7, 11) is -0.952. The highest BCUT2D eigenvalue weighted by atomic mass is 33.1. The second-order valence-electron chi connectivity index (χ2n) is 3.93. The van der Waals surface area contributed by atoms with Gasteiger partial charge in [-0.1, -0.05) is 35.9 Å². The Hall–Kier alpha value is -0.0600. The van der Waals surface area contributed by atoms with Gasteiger partial charge in [-0.05, 0) is 38.5 Å². The molecule has 0 heterocycles. The van der Waals surface area contributed by atoms with E-state index in [1.807, 2.05) is 19.1 Å². The van der Waals surface area contributed by atoms with Crippen molar-refractivity contribution in [3.05, 3.63) is 24.8 Å². The zero-order valence-corrected chi connectivity index (χ0v) is 11.7. The summed E-state index contributed by atoms with van der Waals surface area (Å²) in [6, 6.07) is 0. The summed E-state index contributed by atoms with van der Waals surface area (Å²) in [6.45, 7) is 7.82. The van der Waals surface area contributed by atoms with E-state index in [-0.39, 0.29) is 5.25 Å². The Balaban J connectivity index is 4.07. The van der Waals surface area contributed by atoms with Gasteiger partial charge in [0, 0.05) is 15.4 Å². The molecular formula is C12H21O2S2-. The lowest BCUT2D eigenvalue weighted by Gasteiger charge is -2.20. The molecule has 0 aromatic heterocycles. The van der Waals surface area contributed by atoms with Crippen molar-refractivity contribution < 1.29 is 8.76 Å². The predicted molar refractivity (Wildman–Crippen MR) is 72.9 cm³/mol. The van der Waals surface area contributed by atoms with Gasteiger partial charge >= 0.3 is 0 Å². The van der Waals surface area contributed by atoms with Crippen LogP contribution in [0.4, 0.5) is 0 Å². The molecule has 0 spiro atoms. The molecule has 0 rings (SSSR count). The van der Waals surface area contributed by atoms with E-state index in [0.29, 0.717) is 5.92 Å². The Morgan fingerprint density at radius 1 is 1.56 bits per heavy atom. The fraction of sp³-hybridized carbons (Fsp3) is 0.667. The van der Waals surface area contributed by atoms with Gasteiger partial charge in [-0.3, -0.25) is 4.21 Å². The fourth-order valence-electron chi connectivity index (χ4n) is 1.59. The molecule has 0 fully saturated rings. The summed E-state index contributed by atoms with van der Waals surface area (Å²) in [5.74, 6) is 0.504. The van der Waals surface area contributed by atoms with Crippen LogP contribution >= 0.6 is 10.8 Å². The molecule has 0 aromatic carbocycles. The minimum absolute atomic E-state index is 0.199. The minimum atomic E-state index is -2.00. The van der Waals surface area contributed by atoms with Crippen LogP contribution in [0, 0.1) is 5.92 Å². The number of hydrogen-bond donors (Lipinski definition) is 0. The van der Waals surface area contributed by atoms with Gasteiger partial charge in [0.2, 0.25) is 0 Å². The van der Waals surface area contributed by atoms with Crippen molar-refractivity contribution in [2.75, 3.05) is 0 Å². The van der Waals surface area contributed by atoms with Crippen molar-refractivity contribution in [1.82, 2.24) is 0 Å². The predicted octanol–water partition coefficient (Wildman–Crippen LogP) is 3.84. The Morgan fingerprint density at radius 2 is 2.25 bits per heavy atom. The molecule has 0 aliphatic rings. The molecule has 0 aromatic rings. The Kier molecular flexibility index (Phi) is 10.1. The molecule has 94 valence electrons. The molecule has 1 unspecified atom stereocenters. The molecule has 16 heavy (non-hydrogen) atoms. The van der Waals surface area contributed by atoms with E-state index in [2.05, 4.69) is 19.6 Å². The first kappa shape index (κ1) is 15.9. The van der Waals surface area contributed by atoms with Crippen molar-refractivity contribution in [2.45, 2.75) is 44.8 Å². The van der Waals surface area contributed by atoms with E-state index in [9.17, 15) is 8.76 Å². The topological polar surface area (TPSA) is 40.1 Å². The lowest BCUT2D eigenvalue weighted by Crippen LogP contribution is -2.09. The van der Waals surface area contributed by atoms with E-state index in [4.69, 9.17) is 0 Å². The molecule has 0 bridgehead atoms. The third-order valence-electron chi connectivity index (χ3n) is 2.34. The summed E-state index contributed by atoms with van der Waals surface area (Å²) in [4.78, 5) is 0. The van der Waals surface area contributed by atoms with Gasteiger partial charge in [0.1, 0.15) is 0 Å². The largest absolute Gasteiger partial charge is 0.764 e.